The first-order valence-corrected chi connectivity index (χ1v) is 5.22. The fourth-order valence-corrected chi connectivity index (χ4v) is 1.19. The van der Waals surface area contributed by atoms with Crippen molar-refractivity contribution in [1.82, 2.24) is 0 Å². The van der Waals surface area contributed by atoms with E-state index in [1.165, 1.54) is 26.0 Å². The molecule has 0 radical (unpaired) electrons. The second kappa shape index (κ2) is 5.14. The maximum absolute atomic E-state index is 13.5. The molecule has 17 heavy (non-hydrogen) atoms. The zero-order valence-electron chi connectivity index (χ0n) is 9.87. The predicted octanol–water partition coefficient (Wildman–Crippen LogP) is 1.77. The molecule has 94 valence electrons. The summed E-state index contributed by atoms with van der Waals surface area (Å²) >= 11 is 0. The van der Waals surface area contributed by atoms with Crippen LogP contribution in [0.4, 0.5) is 4.39 Å². The molecule has 0 unspecified atom stereocenters. The Kier molecular flexibility index (Phi) is 4.07. The third-order valence-corrected chi connectivity index (χ3v) is 2.42. The van der Waals surface area contributed by atoms with Gasteiger partial charge in [-0.2, -0.15) is 0 Å². The molecule has 0 aliphatic carbocycles. The van der Waals surface area contributed by atoms with Crippen molar-refractivity contribution in [2.24, 2.45) is 11.1 Å². The molecule has 0 heterocycles. The fraction of sp³-hybridized carbons (Fsp3) is 0.417. The molecule has 0 saturated carbocycles. The monoisotopic (exact) mass is 241 g/mol. The third-order valence-electron chi connectivity index (χ3n) is 2.42. The smallest absolute Gasteiger partial charge is 0.312 e. The second-order valence-electron chi connectivity index (χ2n) is 4.41. The number of nitrogens with two attached hydrogens (primary N) is 1. The SMILES string of the molecule is CC(C)(COc1c(F)cccc1CN)C(=O)O. The van der Waals surface area contributed by atoms with Gasteiger partial charge in [-0.25, -0.2) is 4.39 Å². The summed E-state index contributed by atoms with van der Waals surface area (Å²) < 4.78 is 18.7. The minimum atomic E-state index is -1.08. The summed E-state index contributed by atoms with van der Waals surface area (Å²) in [5.74, 6) is -1.50. The van der Waals surface area contributed by atoms with Gasteiger partial charge in [0, 0.05) is 12.1 Å². The van der Waals surface area contributed by atoms with Crippen molar-refractivity contribution in [2.75, 3.05) is 6.61 Å². The maximum atomic E-state index is 13.5. The van der Waals surface area contributed by atoms with Gasteiger partial charge >= 0.3 is 5.97 Å². The van der Waals surface area contributed by atoms with E-state index in [0.29, 0.717) is 5.56 Å². The van der Waals surface area contributed by atoms with E-state index in [4.69, 9.17) is 15.6 Å². The molecule has 1 aromatic rings. The minimum Gasteiger partial charge on any atom is -0.489 e. The lowest BCUT2D eigenvalue weighted by Crippen LogP contribution is -2.31. The standard InChI is InChI=1S/C12H16FNO3/c1-12(2,11(15)16)7-17-10-8(6-14)4-3-5-9(10)13/h3-5H,6-7,14H2,1-2H3,(H,15,16). The first-order chi connectivity index (χ1) is 7.88. The van der Waals surface area contributed by atoms with Crippen molar-refractivity contribution in [3.63, 3.8) is 0 Å². The van der Waals surface area contributed by atoms with Crippen LogP contribution in [0.3, 0.4) is 0 Å². The number of hydrogen-bond donors (Lipinski definition) is 2. The van der Waals surface area contributed by atoms with Gasteiger partial charge in [-0.05, 0) is 19.9 Å². The van der Waals surface area contributed by atoms with Crippen LogP contribution in [-0.4, -0.2) is 17.7 Å². The van der Waals surface area contributed by atoms with E-state index >= 15 is 0 Å². The highest BCUT2D eigenvalue weighted by atomic mass is 19.1. The number of halogens is 1. The number of carbonyl (C=O) groups is 1. The van der Waals surface area contributed by atoms with Gasteiger partial charge in [0.25, 0.3) is 0 Å². The van der Waals surface area contributed by atoms with Crippen molar-refractivity contribution < 1.29 is 19.0 Å². The van der Waals surface area contributed by atoms with E-state index in [2.05, 4.69) is 0 Å². The van der Waals surface area contributed by atoms with E-state index < -0.39 is 17.2 Å². The third kappa shape index (κ3) is 3.17. The number of hydrogen-bond acceptors (Lipinski definition) is 3. The molecular formula is C12H16FNO3. The Morgan fingerprint density at radius 2 is 2.18 bits per heavy atom. The highest BCUT2D eigenvalue weighted by Crippen LogP contribution is 2.25. The van der Waals surface area contributed by atoms with Crippen LogP contribution in [0.5, 0.6) is 5.75 Å². The van der Waals surface area contributed by atoms with E-state index in [-0.39, 0.29) is 18.9 Å². The van der Waals surface area contributed by atoms with E-state index in [1.807, 2.05) is 0 Å². The summed E-state index contributed by atoms with van der Waals surface area (Å²) in [7, 11) is 0. The molecule has 0 aliphatic heterocycles. The molecule has 0 atom stereocenters. The van der Waals surface area contributed by atoms with Gasteiger partial charge in [0.05, 0.1) is 5.41 Å². The Bertz CT molecular complexity index is 418. The van der Waals surface area contributed by atoms with Crippen LogP contribution in [0.1, 0.15) is 19.4 Å². The largest absolute Gasteiger partial charge is 0.489 e. The van der Waals surface area contributed by atoms with Gasteiger partial charge in [-0.3, -0.25) is 4.79 Å². The molecule has 0 fully saturated rings. The molecule has 0 amide bonds. The Hall–Kier alpha value is -1.62. The summed E-state index contributed by atoms with van der Waals surface area (Å²) in [4.78, 5) is 10.9. The van der Waals surface area contributed by atoms with Gasteiger partial charge in [0.15, 0.2) is 11.6 Å². The second-order valence-corrected chi connectivity index (χ2v) is 4.41. The highest BCUT2D eigenvalue weighted by Gasteiger charge is 2.28. The van der Waals surface area contributed by atoms with Gasteiger partial charge < -0.3 is 15.6 Å². The molecule has 0 saturated heterocycles. The number of para-hydroxylation sites is 1. The van der Waals surface area contributed by atoms with Crippen molar-refractivity contribution in [3.8, 4) is 5.75 Å². The molecule has 0 spiro atoms. The van der Waals surface area contributed by atoms with Crippen LogP contribution in [0, 0.1) is 11.2 Å². The van der Waals surface area contributed by atoms with Crippen LogP contribution >= 0.6 is 0 Å². The number of ether oxygens (including phenoxy) is 1. The highest BCUT2D eigenvalue weighted by molar-refractivity contribution is 5.73. The summed E-state index contributed by atoms with van der Waals surface area (Å²) in [5, 5.41) is 8.92. The van der Waals surface area contributed by atoms with Crippen LogP contribution in [0.15, 0.2) is 18.2 Å². The number of carboxylic acids is 1. The van der Waals surface area contributed by atoms with Gasteiger partial charge in [0.1, 0.15) is 6.61 Å². The average molecular weight is 241 g/mol. The van der Waals surface area contributed by atoms with E-state index in [9.17, 15) is 9.18 Å². The number of aliphatic carboxylic acids is 1. The van der Waals surface area contributed by atoms with Gasteiger partial charge in [-0.1, -0.05) is 12.1 Å². The van der Waals surface area contributed by atoms with Crippen molar-refractivity contribution >= 4 is 5.97 Å². The van der Waals surface area contributed by atoms with Crippen LogP contribution < -0.4 is 10.5 Å². The molecule has 0 bridgehead atoms. The molecule has 0 aliphatic rings. The quantitative estimate of drug-likeness (QED) is 0.824. The molecule has 4 nitrogen and oxygen atoms in total. The lowest BCUT2D eigenvalue weighted by molar-refractivity contribution is -0.148. The molecule has 0 aromatic heterocycles. The zero-order valence-corrected chi connectivity index (χ0v) is 9.87. The van der Waals surface area contributed by atoms with E-state index in [1.54, 1.807) is 6.07 Å². The van der Waals surface area contributed by atoms with Crippen molar-refractivity contribution in [1.29, 1.82) is 0 Å². The Morgan fingerprint density at radius 3 is 2.71 bits per heavy atom. The Morgan fingerprint density at radius 1 is 1.53 bits per heavy atom. The van der Waals surface area contributed by atoms with Crippen molar-refractivity contribution in [2.45, 2.75) is 20.4 Å². The fourth-order valence-electron chi connectivity index (χ4n) is 1.19. The summed E-state index contributed by atoms with van der Waals surface area (Å²) in [5.41, 5.74) is 4.90. The zero-order chi connectivity index (χ0) is 13.1. The first-order valence-electron chi connectivity index (χ1n) is 5.22. The topological polar surface area (TPSA) is 72.5 Å². The van der Waals surface area contributed by atoms with Crippen LogP contribution in [0.2, 0.25) is 0 Å². The lowest BCUT2D eigenvalue weighted by Gasteiger charge is -2.20. The predicted molar refractivity (Wildman–Crippen MR) is 61.2 cm³/mol. The number of carboxylic acid groups (broad SMARTS) is 1. The molecular weight excluding hydrogens is 225 g/mol. The van der Waals surface area contributed by atoms with Crippen LogP contribution in [-0.2, 0) is 11.3 Å². The normalized spacial score (nSPS) is 11.3. The van der Waals surface area contributed by atoms with Crippen molar-refractivity contribution in [3.05, 3.63) is 29.6 Å². The molecule has 3 N–H and O–H groups in total. The molecule has 5 heteroatoms. The Balaban J connectivity index is 2.86. The summed E-state index contributed by atoms with van der Waals surface area (Å²) in [6.45, 7) is 3.05. The van der Waals surface area contributed by atoms with Gasteiger partial charge in [0.2, 0.25) is 0 Å². The summed E-state index contributed by atoms with van der Waals surface area (Å²) in [6.07, 6.45) is 0. The summed E-state index contributed by atoms with van der Waals surface area (Å²) in [6, 6.07) is 4.43. The number of benzene rings is 1. The van der Waals surface area contributed by atoms with Gasteiger partial charge in [-0.15, -0.1) is 0 Å². The molecule has 1 rings (SSSR count). The molecule has 1 aromatic carbocycles. The Labute approximate surface area is 99.2 Å². The lowest BCUT2D eigenvalue weighted by atomic mass is 9.95. The van der Waals surface area contributed by atoms with E-state index in [0.717, 1.165) is 0 Å². The van der Waals surface area contributed by atoms with Crippen LogP contribution in [0.25, 0.3) is 0 Å². The maximum Gasteiger partial charge on any atom is 0.312 e. The number of rotatable bonds is 5. The minimum absolute atomic E-state index is 0.0318. The first kappa shape index (κ1) is 13.4. The average Bonchev–Trinajstić information content (AvgIpc) is 2.26.